The fourth-order valence-corrected chi connectivity index (χ4v) is 3.71. The van der Waals surface area contributed by atoms with Crippen LogP contribution < -0.4 is 5.73 Å². The van der Waals surface area contributed by atoms with E-state index in [4.69, 9.17) is 10.5 Å². The second-order valence-electron chi connectivity index (χ2n) is 7.57. The van der Waals surface area contributed by atoms with Gasteiger partial charge >= 0.3 is 6.09 Å². The van der Waals surface area contributed by atoms with Gasteiger partial charge in [0.15, 0.2) is 0 Å². The van der Waals surface area contributed by atoms with E-state index in [0.29, 0.717) is 17.9 Å². The van der Waals surface area contributed by atoms with Crippen LogP contribution in [0.25, 0.3) is 0 Å². The van der Waals surface area contributed by atoms with E-state index >= 15 is 0 Å². The number of likely N-dealkylation sites (tertiary alicyclic amines) is 1. The summed E-state index contributed by atoms with van der Waals surface area (Å²) in [6.45, 7) is 11.8. The van der Waals surface area contributed by atoms with Gasteiger partial charge in [-0.05, 0) is 57.4 Å². The molecule has 3 unspecified atom stereocenters. The second-order valence-corrected chi connectivity index (χ2v) is 7.57. The molecule has 4 heteroatoms. The Hall–Kier alpha value is -0.770. The molecule has 1 amide bonds. The molecule has 110 valence electrons. The predicted molar refractivity (Wildman–Crippen MR) is 75.8 cm³/mol. The highest BCUT2D eigenvalue weighted by molar-refractivity contribution is 5.69. The van der Waals surface area contributed by atoms with Crippen LogP contribution in [-0.2, 0) is 4.74 Å². The molecule has 3 atom stereocenters. The van der Waals surface area contributed by atoms with E-state index in [9.17, 15) is 4.79 Å². The fraction of sp³-hybridized carbons (Fsp3) is 0.933. The fourth-order valence-electron chi connectivity index (χ4n) is 3.71. The Morgan fingerprint density at radius 3 is 2.53 bits per heavy atom. The van der Waals surface area contributed by atoms with Gasteiger partial charge in [0.05, 0.1) is 0 Å². The van der Waals surface area contributed by atoms with Crippen molar-refractivity contribution in [3.05, 3.63) is 0 Å². The number of nitrogens with two attached hydrogens (primary N) is 1. The Morgan fingerprint density at radius 1 is 1.42 bits per heavy atom. The standard InChI is InChI=1S/C15H28N2O2/c1-14(2,3)19-13(18)17-8-6-7-11(17)12-10(9-16)15(12,4)5/h10-12H,6-9,16H2,1-5H3. The minimum Gasteiger partial charge on any atom is -0.444 e. The van der Waals surface area contributed by atoms with Crippen LogP contribution in [0.2, 0.25) is 0 Å². The van der Waals surface area contributed by atoms with Gasteiger partial charge in [-0.2, -0.15) is 0 Å². The maximum Gasteiger partial charge on any atom is 0.410 e. The molecule has 0 aromatic rings. The molecule has 4 nitrogen and oxygen atoms in total. The zero-order valence-electron chi connectivity index (χ0n) is 12.9. The van der Waals surface area contributed by atoms with E-state index in [0.717, 1.165) is 25.9 Å². The number of carbonyl (C=O) groups is 1. The third kappa shape index (κ3) is 2.73. The molecule has 0 radical (unpaired) electrons. The minimum atomic E-state index is -0.420. The van der Waals surface area contributed by atoms with Crippen molar-refractivity contribution in [2.24, 2.45) is 23.0 Å². The van der Waals surface area contributed by atoms with Crippen molar-refractivity contribution in [1.82, 2.24) is 4.90 Å². The van der Waals surface area contributed by atoms with E-state index in [2.05, 4.69) is 13.8 Å². The molecule has 1 aliphatic carbocycles. The average molecular weight is 268 g/mol. The molecule has 0 bridgehead atoms. The number of ether oxygens (including phenoxy) is 1. The Balaban J connectivity index is 2.04. The Kier molecular flexibility index (Phi) is 3.58. The van der Waals surface area contributed by atoms with Gasteiger partial charge in [0, 0.05) is 12.6 Å². The summed E-state index contributed by atoms with van der Waals surface area (Å²) in [5.41, 5.74) is 5.70. The number of rotatable bonds is 2. The summed E-state index contributed by atoms with van der Waals surface area (Å²) >= 11 is 0. The molecule has 2 aliphatic rings. The molecule has 1 saturated carbocycles. The molecule has 2 fully saturated rings. The van der Waals surface area contributed by atoms with Crippen LogP contribution in [0.1, 0.15) is 47.5 Å². The highest BCUT2D eigenvalue weighted by atomic mass is 16.6. The van der Waals surface area contributed by atoms with Crippen LogP contribution in [-0.4, -0.2) is 35.7 Å². The van der Waals surface area contributed by atoms with Gasteiger partial charge in [0.25, 0.3) is 0 Å². The van der Waals surface area contributed by atoms with E-state index in [1.165, 1.54) is 0 Å². The summed E-state index contributed by atoms with van der Waals surface area (Å²) in [6, 6.07) is 0.318. The zero-order valence-corrected chi connectivity index (χ0v) is 12.9. The third-order valence-corrected chi connectivity index (χ3v) is 4.73. The van der Waals surface area contributed by atoms with Crippen molar-refractivity contribution in [3.8, 4) is 0 Å². The Morgan fingerprint density at radius 2 is 2.05 bits per heavy atom. The lowest BCUT2D eigenvalue weighted by molar-refractivity contribution is 0.0198. The molecule has 1 saturated heterocycles. The van der Waals surface area contributed by atoms with Gasteiger partial charge in [-0.25, -0.2) is 4.79 Å². The molecule has 0 aromatic carbocycles. The highest BCUT2D eigenvalue weighted by Gasteiger charge is 2.62. The summed E-state index contributed by atoms with van der Waals surface area (Å²) in [5, 5.41) is 0. The van der Waals surface area contributed by atoms with Crippen molar-refractivity contribution in [2.45, 2.75) is 59.1 Å². The quantitative estimate of drug-likeness (QED) is 0.837. The summed E-state index contributed by atoms with van der Waals surface area (Å²) in [4.78, 5) is 14.2. The largest absolute Gasteiger partial charge is 0.444 e. The summed E-state index contributed by atoms with van der Waals surface area (Å²) in [5.74, 6) is 1.08. The average Bonchev–Trinajstić information content (AvgIpc) is 2.62. The van der Waals surface area contributed by atoms with Gasteiger partial charge in [0.2, 0.25) is 0 Å². The Labute approximate surface area is 116 Å². The molecule has 1 heterocycles. The van der Waals surface area contributed by atoms with Crippen LogP contribution in [0, 0.1) is 17.3 Å². The van der Waals surface area contributed by atoms with Crippen molar-refractivity contribution < 1.29 is 9.53 Å². The normalized spacial score (nSPS) is 33.4. The summed E-state index contributed by atoms with van der Waals surface area (Å²) in [7, 11) is 0. The first-order chi connectivity index (χ1) is 8.68. The number of hydrogen-bond donors (Lipinski definition) is 1. The molecule has 0 spiro atoms. The molecule has 1 aliphatic heterocycles. The molecule has 2 N–H and O–H groups in total. The van der Waals surface area contributed by atoms with Gasteiger partial charge in [-0.1, -0.05) is 13.8 Å². The minimum absolute atomic E-state index is 0.159. The van der Waals surface area contributed by atoms with Crippen molar-refractivity contribution >= 4 is 6.09 Å². The van der Waals surface area contributed by atoms with E-state index in [1.807, 2.05) is 25.7 Å². The summed E-state index contributed by atoms with van der Waals surface area (Å²) < 4.78 is 5.52. The number of hydrogen-bond acceptors (Lipinski definition) is 3. The maximum absolute atomic E-state index is 12.3. The molecular formula is C15H28N2O2. The van der Waals surface area contributed by atoms with Crippen LogP contribution in [0.4, 0.5) is 4.79 Å². The second kappa shape index (κ2) is 4.65. The SMILES string of the molecule is CC(C)(C)OC(=O)N1CCCC1C1C(CN)C1(C)C. The zero-order chi connectivity index (χ0) is 14.4. The molecule has 19 heavy (non-hydrogen) atoms. The topological polar surface area (TPSA) is 55.6 Å². The predicted octanol–water partition coefficient (Wildman–Crippen LogP) is 2.62. The first-order valence-electron chi connectivity index (χ1n) is 7.38. The van der Waals surface area contributed by atoms with Gasteiger partial charge in [0.1, 0.15) is 5.60 Å². The van der Waals surface area contributed by atoms with Crippen LogP contribution in [0.5, 0.6) is 0 Å². The van der Waals surface area contributed by atoms with Crippen LogP contribution in [0.15, 0.2) is 0 Å². The van der Waals surface area contributed by atoms with Gasteiger partial charge in [-0.15, -0.1) is 0 Å². The third-order valence-electron chi connectivity index (χ3n) is 4.73. The lowest BCUT2D eigenvalue weighted by Crippen LogP contribution is -2.41. The van der Waals surface area contributed by atoms with E-state index in [-0.39, 0.29) is 11.5 Å². The first-order valence-corrected chi connectivity index (χ1v) is 7.38. The van der Waals surface area contributed by atoms with Crippen LogP contribution >= 0.6 is 0 Å². The van der Waals surface area contributed by atoms with Gasteiger partial charge in [-0.3, -0.25) is 0 Å². The highest BCUT2D eigenvalue weighted by Crippen LogP contribution is 2.61. The van der Waals surface area contributed by atoms with E-state index < -0.39 is 5.60 Å². The summed E-state index contributed by atoms with van der Waals surface area (Å²) in [6.07, 6.45) is 2.01. The molecular weight excluding hydrogens is 240 g/mol. The van der Waals surface area contributed by atoms with E-state index in [1.54, 1.807) is 0 Å². The van der Waals surface area contributed by atoms with Crippen molar-refractivity contribution in [3.63, 3.8) is 0 Å². The van der Waals surface area contributed by atoms with Crippen LogP contribution in [0.3, 0.4) is 0 Å². The van der Waals surface area contributed by atoms with Crippen molar-refractivity contribution in [1.29, 1.82) is 0 Å². The smallest absolute Gasteiger partial charge is 0.410 e. The maximum atomic E-state index is 12.3. The number of amides is 1. The first kappa shape index (κ1) is 14.6. The lowest BCUT2D eigenvalue weighted by atomic mass is 10.0. The monoisotopic (exact) mass is 268 g/mol. The molecule has 2 rings (SSSR count). The Bertz CT molecular complexity index is 360. The molecule has 0 aromatic heterocycles. The lowest BCUT2D eigenvalue weighted by Gasteiger charge is -2.29. The van der Waals surface area contributed by atoms with Crippen molar-refractivity contribution in [2.75, 3.05) is 13.1 Å². The number of nitrogens with zero attached hydrogens (tertiary/aromatic N) is 1. The van der Waals surface area contributed by atoms with Gasteiger partial charge < -0.3 is 15.4 Å². The number of carbonyl (C=O) groups excluding carboxylic acids is 1.